The van der Waals surface area contributed by atoms with Crippen molar-refractivity contribution in [3.63, 3.8) is 0 Å². The maximum atomic E-state index is 12.2. The van der Waals surface area contributed by atoms with Crippen LogP contribution in [0.4, 0.5) is 11.4 Å². The lowest BCUT2D eigenvalue weighted by Gasteiger charge is -2.17. The standard InChI is InChI=1S/C18H21N3O5/c1-20(11-13-7-8-16(25-2)17(9-13)26-3)12-18(22)19-14-5-4-6-15(10-14)21(23)24/h4-10H,11-12H2,1-3H3,(H,19,22). The van der Waals surface area contributed by atoms with Crippen LogP contribution in [0.2, 0.25) is 0 Å². The fraction of sp³-hybridized carbons (Fsp3) is 0.278. The van der Waals surface area contributed by atoms with Crippen LogP contribution >= 0.6 is 0 Å². The highest BCUT2D eigenvalue weighted by Crippen LogP contribution is 2.27. The number of ether oxygens (including phenoxy) is 2. The van der Waals surface area contributed by atoms with E-state index in [4.69, 9.17) is 9.47 Å². The molecule has 2 rings (SSSR count). The fourth-order valence-corrected chi connectivity index (χ4v) is 2.49. The molecule has 0 saturated heterocycles. The molecule has 2 aromatic rings. The van der Waals surface area contributed by atoms with E-state index in [0.717, 1.165) is 5.56 Å². The molecular weight excluding hydrogens is 338 g/mol. The van der Waals surface area contributed by atoms with Crippen molar-refractivity contribution in [3.8, 4) is 11.5 Å². The molecule has 8 heteroatoms. The molecule has 1 amide bonds. The van der Waals surface area contributed by atoms with Crippen LogP contribution in [0.3, 0.4) is 0 Å². The van der Waals surface area contributed by atoms with Crippen molar-refractivity contribution in [3.05, 3.63) is 58.1 Å². The number of hydrogen-bond acceptors (Lipinski definition) is 6. The Balaban J connectivity index is 1.95. The Morgan fingerprint density at radius 2 is 1.88 bits per heavy atom. The Morgan fingerprint density at radius 1 is 1.15 bits per heavy atom. The normalized spacial score (nSPS) is 10.5. The van der Waals surface area contributed by atoms with Gasteiger partial charge in [0, 0.05) is 24.4 Å². The molecule has 0 unspecified atom stereocenters. The van der Waals surface area contributed by atoms with E-state index in [0.29, 0.717) is 23.7 Å². The number of nitro groups is 1. The maximum absolute atomic E-state index is 12.2. The number of benzene rings is 2. The number of nitro benzene ring substituents is 1. The number of methoxy groups -OCH3 is 2. The predicted molar refractivity (Wildman–Crippen MR) is 97.6 cm³/mol. The highest BCUT2D eigenvalue weighted by Gasteiger charge is 2.12. The Kier molecular flexibility index (Phi) is 6.51. The minimum atomic E-state index is -0.501. The van der Waals surface area contributed by atoms with Gasteiger partial charge in [0.2, 0.25) is 5.91 Å². The summed E-state index contributed by atoms with van der Waals surface area (Å²) in [6.07, 6.45) is 0. The third kappa shape index (κ3) is 5.18. The molecule has 0 heterocycles. The summed E-state index contributed by atoms with van der Waals surface area (Å²) in [4.78, 5) is 24.3. The average Bonchev–Trinajstić information content (AvgIpc) is 2.61. The smallest absolute Gasteiger partial charge is 0.271 e. The molecule has 0 aliphatic carbocycles. The number of carbonyl (C=O) groups excluding carboxylic acids is 1. The molecule has 0 atom stereocenters. The molecular formula is C18H21N3O5. The third-order valence-corrected chi connectivity index (χ3v) is 3.65. The number of nitrogens with zero attached hydrogens (tertiary/aromatic N) is 2. The van der Waals surface area contributed by atoms with Gasteiger partial charge in [-0.1, -0.05) is 12.1 Å². The first kappa shape index (κ1) is 19.2. The molecule has 0 bridgehead atoms. The molecule has 2 aromatic carbocycles. The number of non-ortho nitro benzene ring substituents is 1. The van der Waals surface area contributed by atoms with Crippen LogP contribution in [0, 0.1) is 10.1 Å². The third-order valence-electron chi connectivity index (χ3n) is 3.65. The highest BCUT2D eigenvalue weighted by atomic mass is 16.6. The van der Waals surface area contributed by atoms with Crippen LogP contribution in [0.25, 0.3) is 0 Å². The molecule has 0 aromatic heterocycles. The topological polar surface area (TPSA) is 93.9 Å². The van der Waals surface area contributed by atoms with Crippen molar-refractivity contribution >= 4 is 17.3 Å². The molecule has 0 aliphatic rings. The van der Waals surface area contributed by atoms with Crippen LogP contribution < -0.4 is 14.8 Å². The van der Waals surface area contributed by atoms with Gasteiger partial charge in [0.15, 0.2) is 11.5 Å². The molecule has 138 valence electrons. The van der Waals surface area contributed by atoms with E-state index < -0.39 is 4.92 Å². The van der Waals surface area contributed by atoms with Gasteiger partial charge in [0.25, 0.3) is 5.69 Å². The van der Waals surface area contributed by atoms with Crippen molar-refractivity contribution < 1.29 is 19.2 Å². The Morgan fingerprint density at radius 3 is 2.54 bits per heavy atom. The van der Waals surface area contributed by atoms with Crippen LogP contribution in [0.5, 0.6) is 11.5 Å². The van der Waals surface area contributed by atoms with E-state index in [1.165, 1.54) is 18.2 Å². The van der Waals surface area contributed by atoms with Crippen LogP contribution in [0.1, 0.15) is 5.56 Å². The van der Waals surface area contributed by atoms with E-state index in [1.54, 1.807) is 20.3 Å². The summed E-state index contributed by atoms with van der Waals surface area (Å²) in [5, 5.41) is 13.4. The number of carbonyl (C=O) groups is 1. The number of nitrogens with one attached hydrogen (secondary N) is 1. The minimum Gasteiger partial charge on any atom is -0.493 e. The largest absolute Gasteiger partial charge is 0.493 e. The molecule has 0 fully saturated rings. The number of rotatable bonds is 8. The lowest BCUT2D eigenvalue weighted by Crippen LogP contribution is -2.29. The summed E-state index contributed by atoms with van der Waals surface area (Å²) in [5.41, 5.74) is 1.29. The molecule has 0 radical (unpaired) electrons. The molecule has 26 heavy (non-hydrogen) atoms. The van der Waals surface area contributed by atoms with Crippen molar-refractivity contribution in [1.82, 2.24) is 4.90 Å². The summed E-state index contributed by atoms with van der Waals surface area (Å²) in [5.74, 6) is 1.01. The molecule has 0 aliphatic heterocycles. The SMILES string of the molecule is COc1ccc(CN(C)CC(=O)Nc2cccc([N+](=O)[O-])c2)cc1OC. The Labute approximate surface area is 151 Å². The quantitative estimate of drug-likeness (QED) is 0.575. The first-order chi connectivity index (χ1) is 12.4. The van der Waals surface area contributed by atoms with Gasteiger partial charge in [0.1, 0.15) is 0 Å². The molecule has 8 nitrogen and oxygen atoms in total. The average molecular weight is 359 g/mol. The van der Waals surface area contributed by atoms with E-state index in [9.17, 15) is 14.9 Å². The predicted octanol–water partition coefficient (Wildman–Crippen LogP) is 2.68. The molecule has 0 saturated carbocycles. The Hall–Kier alpha value is -3.13. The van der Waals surface area contributed by atoms with Crippen LogP contribution in [-0.4, -0.2) is 43.5 Å². The lowest BCUT2D eigenvalue weighted by molar-refractivity contribution is -0.384. The van der Waals surface area contributed by atoms with Gasteiger partial charge in [-0.2, -0.15) is 0 Å². The van der Waals surface area contributed by atoms with Gasteiger partial charge in [-0.05, 0) is 30.8 Å². The monoisotopic (exact) mass is 359 g/mol. The van der Waals surface area contributed by atoms with Crippen molar-refractivity contribution in [2.75, 3.05) is 33.1 Å². The van der Waals surface area contributed by atoms with Gasteiger partial charge in [-0.25, -0.2) is 0 Å². The second-order valence-corrected chi connectivity index (χ2v) is 5.72. The van der Waals surface area contributed by atoms with E-state index >= 15 is 0 Å². The van der Waals surface area contributed by atoms with Crippen molar-refractivity contribution in [2.45, 2.75) is 6.54 Å². The molecule has 1 N–H and O–H groups in total. The van der Waals surface area contributed by atoms with Gasteiger partial charge in [-0.3, -0.25) is 19.8 Å². The lowest BCUT2D eigenvalue weighted by atomic mass is 10.2. The summed E-state index contributed by atoms with van der Waals surface area (Å²) in [6.45, 7) is 0.666. The summed E-state index contributed by atoms with van der Waals surface area (Å²) < 4.78 is 10.5. The second-order valence-electron chi connectivity index (χ2n) is 5.72. The van der Waals surface area contributed by atoms with Crippen molar-refractivity contribution in [1.29, 1.82) is 0 Å². The second kappa shape index (κ2) is 8.82. The van der Waals surface area contributed by atoms with Gasteiger partial charge in [-0.15, -0.1) is 0 Å². The van der Waals surface area contributed by atoms with Crippen LogP contribution in [0.15, 0.2) is 42.5 Å². The zero-order valence-electron chi connectivity index (χ0n) is 14.9. The summed E-state index contributed by atoms with van der Waals surface area (Å²) in [7, 11) is 4.95. The van der Waals surface area contributed by atoms with E-state index in [-0.39, 0.29) is 18.1 Å². The van der Waals surface area contributed by atoms with E-state index in [1.807, 2.05) is 30.1 Å². The first-order valence-electron chi connectivity index (χ1n) is 7.86. The zero-order chi connectivity index (χ0) is 19.1. The van der Waals surface area contributed by atoms with Gasteiger partial charge in [0.05, 0.1) is 25.7 Å². The number of amides is 1. The number of anilines is 1. The summed E-state index contributed by atoms with van der Waals surface area (Å²) >= 11 is 0. The fourth-order valence-electron chi connectivity index (χ4n) is 2.49. The minimum absolute atomic E-state index is 0.0681. The molecule has 0 spiro atoms. The highest BCUT2D eigenvalue weighted by molar-refractivity contribution is 5.92. The number of likely N-dealkylation sites (N-methyl/N-ethyl adjacent to an activating group) is 1. The van der Waals surface area contributed by atoms with E-state index in [2.05, 4.69) is 5.32 Å². The summed E-state index contributed by atoms with van der Waals surface area (Å²) in [6, 6.07) is 11.4. The van der Waals surface area contributed by atoms with Crippen LogP contribution in [-0.2, 0) is 11.3 Å². The van der Waals surface area contributed by atoms with Gasteiger partial charge < -0.3 is 14.8 Å². The zero-order valence-corrected chi connectivity index (χ0v) is 14.9. The Bertz CT molecular complexity index is 794. The van der Waals surface area contributed by atoms with Gasteiger partial charge >= 0.3 is 0 Å². The maximum Gasteiger partial charge on any atom is 0.271 e. The first-order valence-corrected chi connectivity index (χ1v) is 7.86. The number of hydrogen-bond donors (Lipinski definition) is 1. The van der Waals surface area contributed by atoms with Crippen molar-refractivity contribution in [2.24, 2.45) is 0 Å².